The molecule has 174 valence electrons. The maximum Gasteiger partial charge on any atom is 0.266 e. The summed E-state index contributed by atoms with van der Waals surface area (Å²) in [5.74, 6) is 2.03. The van der Waals surface area contributed by atoms with Gasteiger partial charge in [-0.2, -0.15) is 10.2 Å². The molecule has 1 atom stereocenters. The molecule has 4 aromatic rings. The van der Waals surface area contributed by atoms with Crippen LogP contribution in [-0.2, 0) is 4.79 Å². The van der Waals surface area contributed by atoms with E-state index in [1.54, 1.807) is 12.1 Å². The van der Waals surface area contributed by atoms with Crippen LogP contribution in [0.5, 0.6) is 0 Å². The number of nitriles is 1. The van der Waals surface area contributed by atoms with Gasteiger partial charge in [-0.25, -0.2) is 4.98 Å². The van der Waals surface area contributed by atoms with Crippen molar-refractivity contribution < 1.29 is 13.6 Å². The van der Waals surface area contributed by atoms with Crippen molar-refractivity contribution in [1.82, 2.24) is 20.3 Å². The van der Waals surface area contributed by atoms with Gasteiger partial charge in [0.15, 0.2) is 5.76 Å². The fourth-order valence-corrected chi connectivity index (χ4v) is 4.39. The minimum Gasteiger partial charge on any atom is -0.459 e. The number of aromatic amines is 1. The summed E-state index contributed by atoms with van der Waals surface area (Å²) in [6.45, 7) is 5.34. The Morgan fingerprint density at radius 1 is 1.21 bits per heavy atom. The Balaban J connectivity index is 1.25. The molecular weight excluding hydrogens is 432 g/mol. The van der Waals surface area contributed by atoms with E-state index in [0.717, 1.165) is 16.9 Å². The Labute approximate surface area is 196 Å². The standard InChI is InChI=1S/C25H26N6O3/c1-15(2)21(22-27-17-6-3-4-7-18(17)28-22)30-23(32)16-9-11-31(12-10-16)25-19(14-26)29-24(34-25)20-8-5-13-33-20/h3-8,13,15-16,21H,9-12H2,1-2H3,(H,27,28)(H,30,32)/t21-/m0/s1. The topological polar surface area (TPSA) is 124 Å². The van der Waals surface area contributed by atoms with Crippen LogP contribution in [0.25, 0.3) is 22.7 Å². The third kappa shape index (κ3) is 4.15. The highest BCUT2D eigenvalue weighted by molar-refractivity contribution is 5.80. The molecule has 1 saturated heterocycles. The second-order valence-corrected chi connectivity index (χ2v) is 8.89. The summed E-state index contributed by atoms with van der Waals surface area (Å²) in [6, 6.07) is 13.2. The van der Waals surface area contributed by atoms with E-state index in [0.29, 0.717) is 37.6 Å². The largest absolute Gasteiger partial charge is 0.459 e. The number of rotatable bonds is 6. The lowest BCUT2D eigenvalue weighted by atomic mass is 9.94. The maximum absolute atomic E-state index is 13.2. The molecule has 0 radical (unpaired) electrons. The number of nitrogens with zero attached hydrogens (tertiary/aromatic N) is 4. The average molecular weight is 459 g/mol. The molecule has 0 saturated carbocycles. The number of hydrogen-bond donors (Lipinski definition) is 2. The first kappa shape index (κ1) is 21.8. The SMILES string of the molecule is CC(C)[C@H](NC(=O)C1CCN(c2oc(-c3ccco3)nc2C#N)CC1)c1nc2ccccc2[nH]1. The zero-order valence-corrected chi connectivity index (χ0v) is 19.1. The molecule has 0 unspecified atom stereocenters. The molecule has 0 bridgehead atoms. The quantitative estimate of drug-likeness (QED) is 0.438. The lowest BCUT2D eigenvalue weighted by Gasteiger charge is -2.32. The highest BCUT2D eigenvalue weighted by Crippen LogP contribution is 2.32. The van der Waals surface area contributed by atoms with E-state index >= 15 is 0 Å². The van der Waals surface area contributed by atoms with E-state index in [1.165, 1.54) is 6.26 Å². The summed E-state index contributed by atoms with van der Waals surface area (Å²) < 4.78 is 11.2. The molecule has 1 fully saturated rings. The molecule has 9 nitrogen and oxygen atoms in total. The normalized spacial score (nSPS) is 15.5. The number of amides is 1. The van der Waals surface area contributed by atoms with Gasteiger partial charge in [-0.3, -0.25) is 4.79 Å². The second kappa shape index (κ2) is 9.06. The molecule has 1 amide bonds. The van der Waals surface area contributed by atoms with Crippen molar-refractivity contribution in [2.75, 3.05) is 18.0 Å². The molecule has 9 heteroatoms. The molecule has 5 rings (SSSR count). The van der Waals surface area contributed by atoms with Gasteiger partial charge >= 0.3 is 0 Å². The minimum atomic E-state index is -0.201. The Morgan fingerprint density at radius 3 is 2.68 bits per heavy atom. The van der Waals surface area contributed by atoms with Crippen LogP contribution in [0.2, 0.25) is 0 Å². The van der Waals surface area contributed by atoms with Crippen LogP contribution in [0.15, 0.2) is 51.5 Å². The van der Waals surface area contributed by atoms with Gasteiger partial charge in [-0.15, -0.1) is 0 Å². The van der Waals surface area contributed by atoms with Crippen LogP contribution < -0.4 is 10.2 Å². The summed E-state index contributed by atoms with van der Waals surface area (Å²) in [6.07, 6.45) is 2.84. The molecule has 0 spiro atoms. The minimum absolute atomic E-state index is 0.0214. The molecule has 34 heavy (non-hydrogen) atoms. The third-order valence-electron chi connectivity index (χ3n) is 6.27. The van der Waals surface area contributed by atoms with Crippen LogP contribution in [0.3, 0.4) is 0 Å². The number of fused-ring (bicyclic) bond motifs is 1. The van der Waals surface area contributed by atoms with Gasteiger partial charge in [0.2, 0.25) is 17.5 Å². The monoisotopic (exact) mass is 458 g/mol. The van der Waals surface area contributed by atoms with Crippen LogP contribution in [0.1, 0.15) is 44.2 Å². The summed E-state index contributed by atoms with van der Waals surface area (Å²) in [7, 11) is 0. The van der Waals surface area contributed by atoms with Gasteiger partial charge in [0.25, 0.3) is 5.89 Å². The number of carbonyl (C=O) groups excluding carboxylic acids is 1. The van der Waals surface area contributed by atoms with Crippen LogP contribution in [-0.4, -0.2) is 33.9 Å². The van der Waals surface area contributed by atoms with Gasteiger partial charge < -0.3 is 24.0 Å². The smallest absolute Gasteiger partial charge is 0.266 e. The molecule has 2 N–H and O–H groups in total. The molecule has 0 aliphatic carbocycles. The Kier molecular flexibility index (Phi) is 5.80. The number of aromatic nitrogens is 3. The number of benzene rings is 1. The molecule has 1 aliphatic rings. The molecule has 3 aromatic heterocycles. The van der Waals surface area contributed by atoms with Crippen molar-refractivity contribution in [1.29, 1.82) is 5.26 Å². The second-order valence-electron chi connectivity index (χ2n) is 8.89. The summed E-state index contributed by atoms with van der Waals surface area (Å²) in [4.78, 5) is 27.4. The predicted molar refractivity (Wildman–Crippen MR) is 126 cm³/mol. The third-order valence-corrected chi connectivity index (χ3v) is 6.27. The van der Waals surface area contributed by atoms with E-state index in [2.05, 4.69) is 35.2 Å². The zero-order valence-electron chi connectivity index (χ0n) is 19.1. The fourth-order valence-electron chi connectivity index (χ4n) is 4.39. The Hall–Kier alpha value is -4.06. The van der Waals surface area contributed by atoms with Crippen molar-refractivity contribution >= 4 is 22.8 Å². The van der Waals surface area contributed by atoms with E-state index in [4.69, 9.17) is 13.8 Å². The van der Waals surface area contributed by atoms with Gasteiger partial charge in [0, 0.05) is 19.0 Å². The number of para-hydroxylation sites is 2. The van der Waals surface area contributed by atoms with Crippen LogP contribution in [0, 0.1) is 23.2 Å². The zero-order chi connectivity index (χ0) is 23.7. The number of nitrogens with one attached hydrogen (secondary N) is 2. The van der Waals surface area contributed by atoms with Crippen LogP contribution in [0.4, 0.5) is 5.88 Å². The maximum atomic E-state index is 13.2. The van der Waals surface area contributed by atoms with Crippen molar-refractivity contribution in [2.24, 2.45) is 11.8 Å². The van der Waals surface area contributed by atoms with Crippen molar-refractivity contribution in [2.45, 2.75) is 32.7 Å². The summed E-state index contributed by atoms with van der Waals surface area (Å²) in [5, 5.41) is 12.7. The van der Waals surface area contributed by atoms with E-state index in [1.807, 2.05) is 29.2 Å². The van der Waals surface area contributed by atoms with Crippen LogP contribution >= 0.6 is 0 Å². The first-order chi connectivity index (χ1) is 16.5. The van der Waals surface area contributed by atoms with E-state index in [-0.39, 0.29) is 35.4 Å². The first-order valence-corrected chi connectivity index (χ1v) is 11.5. The summed E-state index contributed by atoms with van der Waals surface area (Å²) in [5.41, 5.74) is 2.07. The molecule has 1 aliphatic heterocycles. The van der Waals surface area contributed by atoms with Gasteiger partial charge in [0.1, 0.15) is 11.9 Å². The number of furan rings is 1. The van der Waals surface area contributed by atoms with Crippen molar-refractivity contribution in [3.05, 3.63) is 54.2 Å². The molecular formula is C25H26N6O3. The predicted octanol–water partition coefficient (Wildman–Crippen LogP) is 4.41. The fraction of sp³-hybridized carbons (Fsp3) is 0.360. The van der Waals surface area contributed by atoms with Crippen molar-refractivity contribution in [3.8, 4) is 17.7 Å². The number of carbonyl (C=O) groups is 1. The average Bonchev–Trinajstić information content (AvgIpc) is 3.61. The first-order valence-electron chi connectivity index (χ1n) is 11.5. The van der Waals surface area contributed by atoms with E-state index < -0.39 is 0 Å². The lowest BCUT2D eigenvalue weighted by molar-refractivity contribution is -0.126. The number of hydrogen-bond acceptors (Lipinski definition) is 7. The number of piperidine rings is 1. The number of oxazole rings is 1. The molecule has 1 aromatic carbocycles. The Bertz CT molecular complexity index is 1290. The van der Waals surface area contributed by atoms with Crippen molar-refractivity contribution in [3.63, 3.8) is 0 Å². The number of anilines is 1. The molecule has 4 heterocycles. The Morgan fingerprint density at radius 2 is 2.00 bits per heavy atom. The number of H-pyrrole nitrogens is 1. The number of imidazole rings is 1. The van der Waals surface area contributed by atoms with E-state index in [9.17, 15) is 10.1 Å². The van der Waals surface area contributed by atoms with Gasteiger partial charge in [-0.05, 0) is 43.0 Å². The van der Waals surface area contributed by atoms with Gasteiger partial charge in [0.05, 0.1) is 23.3 Å². The van der Waals surface area contributed by atoms with Gasteiger partial charge in [-0.1, -0.05) is 26.0 Å². The highest BCUT2D eigenvalue weighted by Gasteiger charge is 2.31. The lowest BCUT2D eigenvalue weighted by Crippen LogP contribution is -2.42. The summed E-state index contributed by atoms with van der Waals surface area (Å²) >= 11 is 0. The highest BCUT2D eigenvalue weighted by atomic mass is 16.4.